The number of rotatable bonds is 4. The minimum Gasteiger partial charge on any atom is -0.497 e. The zero-order valence-electron chi connectivity index (χ0n) is 14.7. The van der Waals surface area contributed by atoms with Crippen molar-refractivity contribution < 1.29 is 18.9 Å². The minimum atomic E-state index is 0.184. The van der Waals surface area contributed by atoms with Gasteiger partial charge in [0.25, 0.3) is 0 Å². The fourth-order valence-electron chi connectivity index (χ4n) is 3.36. The van der Waals surface area contributed by atoms with Crippen LogP contribution in [-0.4, -0.2) is 31.5 Å². The van der Waals surface area contributed by atoms with E-state index in [2.05, 4.69) is 30.0 Å². The van der Waals surface area contributed by atoms with Gasteiger partial charge < -0.3 is 18.9 Å². The molecule has 132 valence electrons. The molecule has 5 nitrogen and oxygen atoms in total. The fourth-order valence-corrected chi connectivity index (χ4v) is 3.36. The summed E-state index contributed by atoms with van der Waals surface area (Å²) in [4.78, 5) is 2.41. The summed E-state index contributed by atoms with van der Waals surface area (Å²) >= 11 is 0. The molecular weight excluding hydrogens is 318 g/mol. The number of ether oxygens (including phenoxy) is 4. The van der Waals surface area contributed by atoms with E-state index in [9.17, 15) is 0 Å². The molecule has 0 aliphatic carbocycles. The molecule has 0 saturated carbocycles. The zero-order chi connectivity index (χ0) is 17.2. The van der Waals surface area contributed by atoms with Gasteiger partial charge in [0.15, 0.2) is 11.5 Å². The van der Waals surface area contributed by atoms with Crippen LogP contribution in [-0.2, 0) is 13.1 Å². The number of hydrogen-bond donors (Lipinski definition) is 0. The van der Waals surface area contributed by atoms with Gasteiger partial charge in [0.1, 0.15) is 17.6 Å². The summed E-state index contributed by atoms with van der Waals surface area (Å²) in [6.45, 7) is 5.03. The smallest absolute Gasteiger partial charge is 0.231 e. The summed E-state index contributed by atoms with van der Waals surface area (Å²) in [7, 11) is 1.69. The summed E-state index contributed by atoms with van der Waals surface area (Å²) < 4.78 is 22.5. The summed E-state index contributed by atoms with van der Waals surface area (Å²) in [5, 5.41) is 0. The summed E-state index contributed by atoms with van der Waals surface area (Å²) in [5.74, 6) is 3.48. The Balaban J connectivity index is 1.57. The molecule has 2 aliphatic heterocycles. The maximum Gasteiger partial charge on any atom is 0.231 e. The zero-order valence-corrected chi connectivity index (χ0v) is 14.7. The van der Waals surface area contributed by atoms with Gasteiger partial charge in [-0.25, -0.2) is 0 Å². The third-order valence-electron chi connectivity index (χ3n) is 4.72. The van der Waals surface area contributed by atoms with Crippen LogP contribution in [0.15, 0.2) is 36.4 Å². The summed E-state index contributed by atoms with van der Waals surface area (Å²) in [5.41, 5.74) is 2.38. The van der Waals surface area contributed by atoms with E-state index in [0.29, 0.717) is 6.79 Å². The van der Waals surface area contributed by atoms with Gasteiger partial charge in [0.05, 0.1) is 7.11 Å². The first kappa shape index (κ1) is 16.1. The number of benzene rings is 2. The Morgan fingerprint density at radius 2 is 1.92 bits per heavy atom. The van der Waals surface area contributed by atoms with Crippen molar-refractivity contribution in [3.63, 3.8) is 0 Å². The molecule has 0 saturated heterocycles. The standard InChI is InChI=1S/C20H23NO4/c1-3-16-12-21(10-14-4-6-19-20(8-14)24-13-23-19)11-15-9-17(22-2)5-7-18(15)25-16/h4-9,16H,3,10-13H2,1-2H3. The van der Waals surface area contributed by atoms with Crippen LogP contribution in [0.2, 0.25) is 0 Å². The Labute approximate surface area is 148 Å². The van der Waals surface area contributed by atoms with E-state index >= 15 is 0 Å². The van der Waals surface area contributed by atoms with E-state index < -0.39 is 0 Å². The highest BCUT2D eigenvalue weighted by Crippen LogP contribution is 2.34. The number of fused-ring (bicyclic) bond motifs is 2. The predicted octanol–water partition coefficient (Wildman–Crippen LogP) is 3.60. The maximum atomic E-state index is 6.21. The van der Waals surface area contributed by atoms with Gasteiger partial charge >= 0.3 is 0 Å². The second-order valence-corrected chi connectivity index (χ2v) is 6.48. The monoisotopic (exact) mass is 341 g/mol. The molecule has 4 rings (SSSR count). The van der Waals surface area contributed by atoms with E-state index in [1.807, 2.05) is 18.2 Å². The fraction of sp³-hybridized carbons (Fsp3) is 0.400. The van der Waals surface area contributed by atoms with Crippen LogP contribution in [0, 0.1) is 0 Å². The molecular formula is C20H23NO4. The highest BCUT2D eigenvalue weighted by Gasteiger charge is 2.23. The van der Waals surface area contributed by atoms with Crippen molar-refractivity contribution in [1.82, 2.24) is 4.90 Å². The van der Waals surface area contributed by atoms with Crippen molar-refractivity contribution in [2.24, 2.45) is 0 Å². The Hall–Kier alpha value is -2.40. The topological polar surface area (TPSA) is 40.2 Å². The van der Waals surface area contributed by atoms with Gasteiger partial charge in [-0.3, -0.25) is 4.90 Å². The van der Waals surface area contributed by atoms with E-state index in [-0.39, 0.29) is 6.10 Å². The van der Waals surface area contributed by atoms with Crippen LogP contribution in [0.4, 0.5) is 0 Å². The summed E-state index contributed by atoms with van der Waals surface area (Å²) in [6.07, 6.45) is 1.16. The Morgan fingerprint density at radius 1 is 1.08 bits per heavy atom. The largest absolute Gasteiger partial charge is 0.497 e. The number of methoxy groups -OCH3 is 1. The third kappa shape index (κ3) is 3.37. The molecule has 2 aromatic rings. The Morgan fingerprint density at radius 3 is 2.76 bits per heavy atom. The van der Waals surface area contributed by atoms with Gasteiger partial charge in [0.2, 0.25) is 6.79 Å². The predicted molar refractivity (Wildman–Crippen MR) is 94.4 cm³/mol. The van der Waals surface area contributed by atoms with Crippen LogP contribution in [0.1, 0.15) is 24.5 Å². The molecule has 0 aromatic heterocycles. The lowest BCUT2D eigenvalue weighted by molar-refractivity contribution is 0.139. The lowest BCUT2D eigenvalue weighted by Gasteiger charge is -2.23. The normalized spacial score (nSPS) is 19.0. The number of hydrogen-bond acceptors (Lipinski definition) is 5. The molecule has 2 heterocycles. The molecule has 2 aliphatic rings. The van der Waals surface area contributed by atoms with Crippen molar-refractivity contribution in [3.05, 3.63) is 47.5 Å². The molecule has 25 heavy (non-hydrogen) atoms. The Kier molecular flexibility index (Phi) is 4.40. The first-order valence-corrected chi connectivity index (χ1v) is 8.69. The van der Waals surface area contributed by atoms with Crippen molar-refractivity contribution in [2.75, 3.05) is 20.4 Å². The molecule has 0 bridgehead atoms. The molecule has 2 aromatic carbocycles. The second kappa shape index (κ2) is 6.84. The van der Waals surface area contributed by atoms with Crippen molar-refractivity contribution in [3.8, 4) is 23.0 Å². The molecule has 5 heteroatoms. The third-order valence-corrected chi connectivity index (χ3v) is 4.72. The first-order valence-electron chi connectivity index (χ1n) is 8.69. The quantitative estimate of drug-likeness (QED) is 0.850. The molecule has 0 amide bonds. The molecule has 0 N–H and O–H groups in total. The highest BCUT2D eigenvalue weighted by atomic mass is 16.7. The summed E-state index contributed by atoms with van der Waals surface area (Å²) in [6, 6.07) is 12.2. The van der Waals surface area contributed by atoms with Gasteiger partial charge in [-0.1, -0.05) is 13.0 Å². The van der Waals surface area contributed by atoms with E-state index in [1.165, 1.54) is 5.56 Å². The van der Waals surface area contributed by atoms with Gasteiger partial charge in [-0.15, -0.1) is 0 Å². The molecule has 1 atom stereocenters. The average Bonchev–Trinajstić information content (AvgIpc) is 3.02. The number of nitrogens with zero attached hydrogens (tertiary/aromatic N) is 1. The highest BCUT2D eigenvalue weighted by molar-refractivity contribution is 5.45. The molecule has 0 radical (unpaired) electrons. The first-order chi connectivity index (χ1) is 12.2. The maximum absolute atomic E-state index is 6.21. The van der Waals surface area contributed by atoms with Crippen molar-refractivity contribution in [1.29, 1.82) is 0 Å². The molecule has 1 unspecified atom stereocenters. The van der Waals surface area contributed by atoms with Gasteiger partial charge in [-0.2, -0.15) is 0 Å². The second-order valence-electron chi connectivity index (χ2n) is 6.48. The molecule has 0 fully saturated rings. The lowest BCUT2D eigenvalue weighted by atomic mass is 10.1. The van der Waals surface area contributed by atoms with Crippen LogP contribution >= 0.6 is 0 Å². The van der Waals surface area contributed by atoms with E-state index in [0.717, 1.165) is 54.6 Å². The minimum absolute atomic E-state index is 0.184. The van der Waals surface area contributed by atoms with E-state index in [4.69, 9.17) is 18.9 Å². The van der Waals surface area contributed by atoms with Crippen molar-refractivity contribution in [2.45, 2.75) is 32.5 Å². The van der Waals surface area contributed by atoms with Crippen molar-refractivity contribution >= 4 is 0 Å². The SMILES string of the molecule is CCC1CN(Cc2ccc3c(c2)OCO3)Cc2cc(OC)ccc2O1. The van der Waals surface area contributed by atoms with E-state index in [1.54, 1.807) is 7.11 Å². The Bertz CT molecular complexity index is 761. The van der Waals surface area contributed by atoms with Gasteiger partial charge in [-0.05, 0) is 42.3 Å². The van der Waals surface area contributed by atoms with Crippen LogP contribution in [0.5, 0.6) is 23.0 Å². The van der Waals surface area contributed by atoms with Gasteiger partial charge in [0, 0.05) is 25.2 Å². The van der Waals surface area contributed by atoms with Crippen LogP contribution < -0.4 is 18.9 Å². The van der Waals surface area contributed by atoms with Crippen LogP contribution in [0.25, 0.3) is 0 Å². The van der Waals surface area contributed by atoms with Crippen LogP contribution in [0.3, 0.4) is 0 Å². The lowest BCUT2D eigenvalue weighted by Crippen LogP contribution is -2.32. The average molecular weight is 341 g/mol. The molecule has 0 spiro atoms.